The SMILES string of the molecule is Cc1ccc(NC(=O)CCC2NC(=O)c3ccccc3NC2=O)cc1C. The average Bonchev–Trinajstić information content (AvgIpc) is 2.73. The van der Waals surface area contributed by atoms with E-state index in [9.17, 15) is 14.4 Å². The van der Waals surface area contributed by atoms with Gasteiger partial charge in [0, 0.05) is 12.1 Å². The van der Waals surface area contributed by atoms with Crippen molar-refractivity contribution in [3.05, 3.63) is 59.2 Å². The molecule has 1 atom stereocenters. The average molecular weight is 351 g/mol. The third kappa shape index (κ3) is 3.91. The van der Waals surface area contributed by atoms with Gasteiger partial charge in [0.05, 0.1) is 11.3 Å². The summed E-state index contributed by atoms with van der Waals surface area (Å²) >= 11 is 0. The molecule has 1 heterocycles. The molecule has 0 aromatic heterocycles. The van der Waals surface area contributed by atoms with E-state index < -0.39 is 6.04 Å². The molecule has 3 rings (SSSR count). The second kappa shape index (κ2) is 7.39. The van der Waals surface area contributed by atoms with Gasteiger partial charge in [-0.05, 0) is 55.7 Å². The minimum absolute atomic E-state index is 0.127. The normalized spacial score (nSPS) is 16.2. The molecule has 1 aliphatic heterocycles. The van der Waals surface area contributed by atoms with Gasteiger partial charge in [0.2, 0.25) is 11.8 Å². The highest BCUT2D eigenvalue weighted by Crippen LogP contribution is 2.19. The van der Waals surface area contributed by atoms with Gasteiger partial charge in [0.1, 0.15) is 6.04 Å². The van der Waals surface area contributed by atoms with Crippen LogP contribution >= 0.6 is 0 Å². The fourth-order valence-corrected chi connectivity index (χ4v) is 2.83. The van der Waals surface area contributed by atoms with Gasteiger partial charge in [-0.3, -0.25) is 14.4 Å². The Balaban J connectivity index is 1.60. The fraction of sp³-hybridized carbons (Fsp3) is 0.250. The lowest BCUT2D eigenvalue weighted by atomic mass is 10.1. The predicted molar refractivity (Wildman–Crippen MR) is 100 cm³/mol. The van der Waals surface area contributed by atoms with Gasteiger partial charge in [-0.15, -0.1) is 0 Å². The summed E-state index contributed by atoms with van der Waals surface area (Å²) in [7, 11) is 0. The first kappa shape index (κ1) is 17.7. The molecular weight excluding hydrogens is 330 g/mol. The fourth-order valence-electron chi connectivity index (χ4n) is 2.83. The lowest BCUT2D eigenvalue weighted by Gasteiger charge is -2.14. The molecule has 1 unspecified atom stereocenters. The van der Waals surface area contributed by atoms with Crippen LogP contribution in [0.3, 0.4) is 0 Å². The first-order valence-electron chi connectivity index (χ1n) is 8.52. The summed E-state index contributed by atoms with van der Waals surface area (Å²) in [5.41, 5.74) is 3.87. The minimum atomic E-state index is -0.750. The van der Waals surface area contributed by atoms with Crippen molar-refractivity contribution in [2.24, 2.45) is 0 Å². The summed E-state index contributed by atoms with van der Waals surface area (Å²) in [6.45, 7) is 3.99. The van der Waals surface area contributed by atoms with Gasteiger partial charge in [0.25, 0.3) is 5.91 Å². The van der Waals surface area contributed by atoms with Crippen molar-refractivity contribution in [3.63, 3.8) is 0 Å². The molecule has 26 heavy (non-hydrogen) atoms. The number of benzene rings is 2. The molecular formula is C20H21N3O3. The van der Waals surface area contributed by atoms with Crippen LogP contribution in [0.15, 0.2) is 42.5 Å². The number of carbonyl (C=O) groups is 3. The van der Waals surface area contributed by atoms with Gasteiger partial charge >= 0.3 is 0 Å². The van der Waals surface area contributed by atoms with E-state index in [0.717, 1.165) is 16.8 Å². The Kier molecular flexibility index (Phi) is 5.02. The molecule has 2 aromatic carbocycles. The maximum Gasteiger partial charge on any atom is 0.254 e. The Morgan fingerprint density at radius 3 is 2.62 bits per heavy atom. The molecule has 3 N–H and O–H groups in total. The van der Waals surface area contributed by atoms with Gasteiger partial charge < -0.3 is 16.0 Å². The van der Waals surface area contributed by atoms with Crippen LogP contribution in [0.25, 0.3) is 0 Å². The number of hydrogen-bond acceptors (Lipinski definition) is 3. The van der Waals surface area contributed by atoms with Crippen LogP contribution < -0.4 is 16.0 Å². The van der Waals surface area contributed by atoms with E-state index in [1.807, 2.05) is 32.0 Å². The Bertz CT molecular complexity index is 876. The first-order valence-corrected chi connectivity index (χ1v) is 8.52. The number of rotatable bonds is 4. The van der Waals surface area contributed by atoms with E-state index in [-0.39, 0.29) is 30.6 Å². The smallest absolute Gasteiger partial charge is 0.254 e. The largest absolute Gasteiger partial charge is 0.340 e. The molecule has 0 aliphatic carbocycles. The third-order valence-electron chi connectivity index (χ3n) is 4.50. The highest BCUT2D eigenvalue weighted by atomic mass is 16.2. The number of carbonyl (C=O) groups excluding carboxylic acids is 3. The van der Waals surface area contributed by atoms with Gasteiger partial charge in [0.15, 0.2) is 0 Å². The van der Waals surface area contributed by atoms with Crippen LogP contribution in [0.4, 0.5) is 11.4 Å². The van der Waals surface area contributed by atoms with Crippen LogP contribution in [0.5, 0.6) is 0 Å². The molecule has 6 nitrogen and oxygen atoms in total. The number of para-hydroxylation sites is 1. The number of hydrogen-bond donors (Lipinski definition) is 3. The van der Waals surface area contributed by atoms with E-state index in [4.69, 9.17) is 0 Å². The summed E-state index contributed by atoms with van der Waals surface area (Å²) in [4.78, 5) is 36.8. The van der Waals surface area contributed by atoms with Crippen LogP contribution in [0.1, 0.15) is 34.3 Å². The molecule has 0 saturated heterocycles. The monoisotopic (exact) mass is 351 g/mol. The van der Waals surface area contributed by atoms with E-state index in [2.05, 4.69) is 16.0 Å². The molecule has 6 heteroatoms. The first-order chi connectivity index (χ1) is 12.4. The van der Waals surface area contributed by atoms with Crippen LogP contribution in [-0.4, -0.2) is 23.8 Å². The zero-order chi connectivity index (χ0) is 18.7. The molecule has 2 aromatic rings. The van der Waals surface area contributed by atoms with Crippen molar-refractivity contribution in [1.82, 2.24) is 5.32 Å². The Morgan fingerprint density at radius 1 is 1.08 bits per heavy atom. The molecule has 0 spiro atoms. The zero-order valence-corrected chi connectivity index (χ0v) is 14.8. The van der Waals surface area contributed by atoms with Crippen molar-refractivity contribution >= 4 is 29.1 Å². The van der Waals surface area contributed by atoms with Gasteiger partial charge in [-0.1, -0.05) is 18.2 Å². The summed E-state index contributed by atoms with van der Waals surface area (Å²) in [5.74, 6) is -0.835. The lowest BCUT2D eigenvalue weighted by molar-refractivity contribution is -0.118. The summed E-state index contributed by atoms with van der Waals surface area (Å²) in [6.07, 6.45) is 0.351. The van der Waals surface area contributed by atoms with E-state index in [1.165, 1.54) is 0 Å². The molecule has 3 amide bonds. The molecule has 1 aliphatic rings. The Labute approximate surface area is 152 Å². The molecule has 0 bridgehead atoms. The summed E-state index contributed by atoms with van der Waals surface area (Å²) in [6, 6.07) is 11.8. The second-order valence-electron chi connectivity index (χ2n) is 6.45. The third-order valence-corrected chi connectivity index (χ3v) is 4.50. The molecule has 0 saturated carbocycles. The number of nitrogens with one attached hydrogen (secondary N) is 3. The topological polar surface area (TPSA) is 87.3 Å². The van der Waals surface area contributed by atoms with Crippen molar-refractivity contribution < 1.29 is 14.4 Å². The highest BCUT2D eigenvalue weighted by Gasteiger charge is 2.27. The predicted octanol–water partition coefficient (Wildman–Crippen LogP) is 2.77. The van der Waals surface area contributed by atoms with E-state index in [0.29, 0.717) is 11.3 Å². The molecule has 134 valence electrons. The number of aryl methyl sites for hydroxylation is 2. The maximum absolute atomic E-state index is 12.3. The zero-order valence-electron chi connectivity index (χ0n) is 14.8. The van der Waals surface area contributed by atoms with Crippen molar-refractivity contribution in [2.45, 2.75) is 32.7 Å². The quantitative estimate of drug-likeness (QED) is 0.791. The summed E-state index contributed by atoms with van der Waals surface area (Å²) < 4.78 is 0. The van der Waals surface area contributed by atoms with E-state index >= 15 is 0 Å². The Hall–Kier alpha value is -3.15. The minimum Gasteiger partial charge on any atom is -0.340 e. The van der Waals surface area contributed by atoms with Crippen LogP contribution in [0.2, 0.25) is 0 Å². The number of anilines is 2. The van der Waals surface area contributed by atoms with Gasteiger partial charge in [-0.25, -0.2) is 0 Å². The van der Waals surface area contributed by atoms with Crippen LogP contribution in [0, 0.1) is 13.8 Å². The lowest BCUT2D eigenvalue weighted by Crippen LogP contribution is -2.41. The second-order valence-corrected chi connectivity index (χ2v) is 6.45. The Morgan fingerprint density at radius 2 is 1.85 bits per heavy atom. The number of amides is 3. The van der Waals surface area contributed by atoms with Crippen LogP contribution in [-0.2, 0) is 9.59 Å². The van der Waals surface area contributed by atoms with Crippen molar-refractivity contribution in [2.75, 3.05) is 10.6 Å². The van der Waals surface area contributed by atoms with Gasteiger partial charge in [-0.2, -0.15) is 0 Å². The standard InChI is InChI=1S/C20H21N3O3/c1-12-7-8-14(11-13(12)2)21-18(24)10-9-17-20(26)22-16-6-4-3-5-15(16)19(25)23-17/h3-8,11,17H,9-10H2,1-2H3,(H,21,24)(H,22,26)(H,23,25). The molecule has 0 fully saturated rings. The highest BCUT2D eigenvalue weighted by molar-refractivity contribution is 6.09. The maximum atomic E-state index is 12.3. The number of fused-ring (bicyclic) bond motifs is 1. The van der Waals surface area contributed by atoms with Crippen molar-refractivity contribution in [3.8, 4) is 0 Å². The van der Waals surface area contributed by atoms with E-state index in [1.54, 1.807) is 24.3 Å². The molecule has 0 radical (unpaired) electrons. The summed E-state index contributed by atoms with van der Waals surface area (Å²) in [5, 5.41) is 8.25. The van der Waals surface area contributed by atoms with Crippen molar-refractivity contribution in [1.29, 1.82) is 0 Å².